The number of piperidine rings is 1. The second-order valence-electron chi connectivity index (χ2n) is 5.86. The standard InChI is InChI=1S/C17H22ClNO2/c1-12-5-3-6-13(2)19(12)17(21)10-9-16(20)14-7-4-8-15(18)11-14/h4,7-8,11-13H,3,5-6,9-10H2,1-2H3. The number of hydrogen-bond acceptors (Lipinski definition) is 2. The Kier molecular flexibility index (Phi) is 5.40. The maximum Gasteiger partial charge on any atom is 0.223 e. The molecule has 2 rings (SSSR count). The lowest BCUT2D eigenvalue weighted by Crippen LogP contribution is -2.47. The molecule has 0 spiro atoms. The minimum atomic E-state index is -0.0248. The molecule has 2 atom stereocenters. The molecule has 0 bridgehead atoms. The van der Waals surface area contributed by atoms with Crippen LogP contribution in [0.1, 0.15) is 56.3 Å². The van der Waals surface area contributed by atoms with Gasteiger partial charge in [-0.05, 0) is 45.2 Å². The van der Waals surface area contributed by atoms with Gasteiger partial charge in [0.1, 0.15) is 0 Å². The fraction of sp³-hybridized carbons (Fsp3) is 0.529. The predicted molar refractivity (Wildman–Crippen MR) is 84.6 cm³/mol. The molecule has 1 heterocycles. The van der Waals surface area contributed by atoms with Gasteiger partial charge in [-0.2, -0.15) is 0 Å². The Bertz CT molecular complexity index is 519. The summed E-state index contributed by atoms with van der Waals surface area (Å²) in [5, 5.41) is 0.547. The minimum absolute atomic E-state index is 0.0248. The molecule has 1 aromatic rings. The Morgan fingerprint density at radius 1 is 1.19 bits per heavy atom. The van der Waals surface area contributed by atoms with Crippen molar-refractivity contribution < 1.29 is 9.59 Å². The van der Waals surface area contributed by atoms with Gasteiger partial charge in [0.15, 0.2) is 5.78 Å². The lowest BCUT2D eigenvalue weighted by atomic mass is 9.96. The van der Waals surface area contributed by atoms with E-state index in [9.17, 15) is 9.59 Å². The molecule has 114 valence electrons. The average molecular weight is 308 g/mol. The van der Waals surface area contributed by atoms with Crippen molar-refractivity contribution in [3.8, 4) is 0 Å². The summed E-state index contributed by atoms with van der Waals surface area (Å²) in [6.45, 7) is 4.18. The number of ketones is 1. The Labute approximate surface area is 131 Å². The number of rotatable bonds is 4. The zero-order valence-electron chi connectivity index (χ0n) is 12.6. The summed E-state index contributed by atoms with van der Waals surface area (Å²) in [4.78, 5) is 26.4. The van der Waals surface area contributed by atoms with Gasteiger partial charge in [0.05, 0.1) is 0 Å². The number of benzene rings is 1. The van der Waals surface area contributed by atoms with Crippen molar-refractivity contribution in [1.82, 2.24) is 4.90 Å². The summed E-state index contributed by atoms with van der Waals surface area (Å²) in [7, 11) is 0. The highest BCUT2D eigenvalue weighted by Gasteiger charge is 2.28. The lowest BCUT2D eigenvalue weighted by Gasteiger charge is -2.39. The second-order valence-corrected chi connectivity index (χ2v) is 6.30. The van der Waals surface area contributed by atoms with Crippen LogP contribution in [0.15, 0.2) is 24.3 Å². The van der Waals surface area contributed by atoms with Crippen LogP contribution in [-0.2, 0) is 4.79 Å². The number of Topliss-reactive ketones (excluding diaryl/α,β-unsaturated/α-hetero) is 1. The van der Waals surface area contributed by atoms with Gasteiger partial charge in [-0.15, -0.1) is 0 Å². The normalized spacial score (nSPS) is 22.1. The zero-order valence-corrected chi connectivity index (χ0v) is 13.4. The van der Waals surface area contributed by atoms with E-state index in [0.29, 0.717) is 10.6 Å². The zero-order chi connectivity index (χ0) is 15.4. The van der Waals surface area contributed by atoms with Crippen LogP contribution < -0.4 is 0 Å². The van der Waals surface area contributed by atoms with Crippen molar-refractivity contribution in [2.24, 2.45) is 0 Å². The van der Waals surface area contributed by atoms with Crippen molar-refractivity contribution in [3.63, 3.8) is 0 Å². The maximum absolute atomic E-state index is 12.4. The van der Waals surface area contributed by atoms with Crippen LogP contribution in [0, 0.1) is 0 Å². The van der Waals surface area contributed by atoms with E-state index < -0.39 is 0 Å². The van der Waals surface area contributed by atoms with Crippen LogP contribution in [0.2, 0.25) is 5.02 Å². The minimum Gasteiger partial charge on any atom is -0.337 e. The summed E-state index contributed by atoms with van der Waals surface area (Å²) in [5.74, 6) is 0.0632. The Morgan fingerprint density at radius 3 is 2.48 bits per heavy atom. The molecule has 1 fully saturated rings. The molecule has 1 aliphatic rings. The second kappa shape index (κ2) is 7.08. The quantitative estimate of drug-likeness (QED) is 0.786. The molecule has 4 heteroatoms. The van der Waals surface area contributed by atoms with Gasteiger partial charge >= 0.3 is 0 Å². The lowest BCUT2D eigenvalue weighted by molar-refractivity contribution is -0.137. The SMILES string of the molecule is CC1CCCC(C)N1C(=O)CCC(=O)c1cccc(Cl)c1. The smallest absolute Gasteiger partial charge is 0.223 e. The molecule has 1 saturated heterocycles. The van der Waals surface area contributed by atoms with E-state index in [0.717, 1.165) is 12.8 Å². The number of halogens is 1. The molecule has 0 aromatic heterocycles. The summed E-state index contributed by atoms with van der Waals surface area (Å²) in [6, 6.07) is 7.45. The highest BCUT2D eigenvalue weighted by Crippen LogP contribution is 2.24. The van der Waals surface area contributed by atoms with E-state index in [2.05, 4.69) is 13.8 Å². The van der Waals surface area contributed by atoms with Crippen LogP contribution in [-0.4, -0.2) is 28.7 Å². The summed E-state index contributed by atoms with van der Waals surface area (Å²) < 4.78 is 0. The number of hydrogen-bond donors (Lipinski definition) is 0. The third kappa shape index (κ3) is 4.07. The fourth-order valence-electron chi connectivity index (χ4n) is 3.07. The summed E-state index contributed by atoms with van der Waals surface area (Å²) >= 11 is 5.88. The van der Waals surface area contributed by atoms with Gasteiger partial charge in [0.2, 0.25) is 5.91 Å². The van der Waals surface area contributed by atoms with Crippen LogP contribution in [0.4, 0.5) is 0 Å². The largest absolute Gasteiger partial charge is 0.337 e. The van der Waals surface area contributed by atoms with E-state index in [1.807, 2.05) is 4.90 Å². The molecule has 3 nitrogen and oxygen atoms in total. The van der Waals surface area contributed by atoms with Crippen LogP contribution in [0.5, 0.6) is 0 Å². The Balaban J connectivity index is 1.93. The number of likely N-dealkylation sites (tertiary alicyclic amines) is 1. The maximum atomic E-state index is 12.4. The van der Waals surface area contributed by atoms with Gasteiger partial charge in [-0.1, -0.05) is 23.7 Å². The van der Waals surface area contributed by atoms with Gasteiger partial charge in [-0.3, -0.25) is 9.59 Å². The number of amides is 1. The van der Waals surface area contributed by atoms with Gasteiger partial charge in [0, 0.05) is 35.5 Å². The topological polar surface area (TPSA) is 37.4 Å². The van der Waals surface area contributed by atoms with E-state index in [-0.39, 0.29) is 36.6 Å². The summed E-state index contributed by atoms with van der Waals surface area (Å²) in [5.41, 5.74) is 0.579. The third-order valence-electron chi connectivity index (χ3n) is 4.19. The molecule has 0 N–H and O–H groups in total. The van der Waals surface area contributed by atoms with Crippen molar-refractivity contribution >= 4 is 23.3 Å². The highest BCUT2D eigenvalue weighted by atomic mass is 35.5. The van der Waals surface area contributed by atoms with Crippen LogP contribution in [0.3, 0.4) is 0 Å². The molecular weight excluding hydrogens is 286 g/mol. The first-order valence-corrected chi connectivity index (χ1v) is 7.96. The number of carbonyl (C=O) groups is 2. The first kappa shape index (κ1) is 16.0. The molecule has 21 heavy (non-hydrogen) atoms. The molecule has 2 unspecified atom stereocenters. The molecule has 0 aliphatic carbocycles. The first-order chi connectivity index (χ1) is 9.99. The van der Waals surface area contributed by atoms with Crippen molar-refractivity contribution in [1.29, 1.82) is 0 Å². The Hall–Kier alpha value is -1.35. The van der Waals surface area contributed by atoms with Crippen LogP contribution in [0.25, 0.3) is 0 Å². The van der Waals surface area contributed by atoms with Crippen molar-refractivity contribution in [2.45, 2.75) is 58.0 Å². The van der Waals surface area contributed by atoms with Crippen molar-refractivity contribution in [2.75, 3.05) is 0 Å². The molecular formula is C17H22ClNO2. The van der Waals surface area contributed by atoms with Crippen LogP contribution >= 0.6 is 11.6 Å². The van der Waals surface area contributed by atoms with Gasteiger partial charge in [-0.25, -0.2) is 0 Å². The molecule has 1 aliphatic heterocycles. The van der Waals surface area contributed by atoms with Gasteiger partial charge < -0.3 is 4.90 Å². The molecule has 1 aromatic carbocycles. The number of nitrogens with zero attached hydrogens (tertiary/aromatic N) is 1. The third-order valence-corrected chi connectivity index (χ3v) is 4.43. The first-order valence-electron chi connectivity index (χ1n) is 7.59. The van der Waals surface area contributed by atoms with Gasteiger partial charge in [0.25, 0.3) is 0 Å². The van der Waals surface area contributed by atoms with E-state index in [1.54, 1.807) is 24.3 Å². The highest BCUT2D eigenvalue weighted by molar-refractivity contribution is 6.31. The average Bonchev–Trinajstić information content (AvgIpc) is 2.44. The molecule has 1 amide bonds. The monoisotopic (exact) mass is 307 g/mol. The van der Waals surface area contributed by atoms with E-state index >= 15 is 0 Å². The molecule has 0 saturated carbocycles. The predicted octanol–water partition coefficient (Wildman–Crippen LogP) is 4.09. The number of carbonyl (C=O) groups excluding carboxylic acids is 2. The molecule has 0 radical (unpaired) electrons. The fourth-order valence-corrected chi connectivity index (χ4v) is 3.26. The summed E-state index contributed by atoms with van der Waals surface area (Å²) in [6.07, 6.45) is 3.80. The Morgan fingerprint density at radius 2 is 1.86 bits per heavy atom. The van der Waals surface area contributed by atoms with E-state index in [4.69, 9.17) is 11.6 Å². The van der Waals surface area contributed by atoms with Crippen molar-refractivity contribution in [3.05, 3.63) is 34.9 Å². The van der Waals surface area contributed by atoms with E-state index in [1.165, 1.54) is 6.42 Å².